The molecule has 0 aliphatic heterocycles. The number of amides is 1. The van der Waals surface area contributed by atoms with Crippen molar-refractivity contribution in [3.8, 4) is 0 Å². The molecule has 0 heterocycles. The summed E-state index contributed by atoms with van der Waals surface area (Å²) in [6.45, 7) is 2.67. The lowest BCUT2D eigenvalue weighted by Crippen LogP contribution is -2.34. The van der Waals surface area contributed by atoms with Crippen molar-refractivity contribution in [3.05, 3.63) is 34.1 Å². The molecule has 3 nitrogen and oxygen atoms in total. The predicted molar refractivity (Wildman–Crippen MR) is 64.3 cm³/mol. The van der Waals surface area contributed by atoms with Gasteiger partial charge in [0.05, 0.1) is 4.47 Å². The number of carbonyl (C=O) groups excluding carboxylic acids is 1. The van der Waals surface area contributed by atoms with Crippen LogP contribution in [0.1, 0.15) is 24.9 Å². The Morgan fingerprint density at radius 1 is 1.62 bits per heavy atom. The minimum absolute atomic E-state index is 0.328. The minimum atomic E-state index is -0.572. The fraction of sp³-hybridized carbons (Fsp3) is 0.364. The van der Waals surface area contributed by atoms with Crippen molar-refractivity contribution < 1.29 is 9.18 Å². The Morgan fingerprint density at radius 2 is 2.31 bits per heavy atom. The van der Waals surface area contributed by atoms with Gasteiger partial charge in [0.25, 0.3) is 0 Å². The largest absolute Gasteiger partial charge is 0.368 e. The second-order valence-corrected chi connectivity index (χ2v) is 4.32. The van der Waals surface area contributed by atoms with Crippen LogP contribution in [-0.4, -0.2) is 12.5 Å². The first-order chi connectivity index (χ1) is 7.56. The van der Waals surface area contributed by atoms with Gasteiger partial charge in [-0.05, 0) is 46.6 Å². The minimum Gasteiger partial charge on any atom is -0.368 e. The van der Waals surface area contributed by atoms with E-state index in [1.165, 1.54) is 6.07 Å². The molecule has 1 unspecified atom stereocenters. The molecule has 0 aliphatic carbocycles. The van der Waals surface area contributed by atoms with E-state index in [0.29, 0.717) is 16.6 Å². The Labute approximate surface area is 102 Å². The zero-order valence-corrected chi connectivity index (χ0v) is 10.6. The maximum absolute atomic E-state index is 13.0. The molecule has 0 bridgehead atoms. The molecular weight excluding hydrogens is 275 g/mol. The molecule has 1 aromatic carbocycles. The van der Waals surface area contributed by atoms with Gasteiger partial charge in [0, 0.05) is 0 Å². The fourth-order valence-electron chi connectivity index (χ4n) is 1.36. The van der Waals surface area contributed by atoms with E-state index in [4.69, 9.17) is 5.73 Å². The van der Waals surface area contributed by atoms with Gasteiger partial charge >= 0.3 is 0 Å². The molecule has 0 saturated heterocycles. The van der Waals surface area contributed by atoms with E-state index in [1.807, 2.05) is 6.92 Å². The van der Waals surface area contributed by atoms with E-state index < -0.39 is 11.9 Å². The number of nitrogens with one attached hydrogen (secondary N) is 1. The van der Waals surface area contributed by atoms with Gasteiger partial charge in [0.1, 0.15) is 11.9 Å². The zero-order valence-electron chi connectivity index (χ0n) is 8.97. The molecule has 1 rings (SSSR count). The molecule has 0 aliphatic rings. The average Bonchev–Trinajstić information content (AvgIpc) is 2.23. The smallest absolute Gasteiger partial charge is 0.239 e. The third-order valence-electron chi connectivity index (χ3n) is 2.16. The number of carbonyl (C=O) groups is 1. The maximum Gasteiger partial charge on any atom is 0.239 e. The summed E-state index contributed by atoms with van der Waals surface area (Å²) in [5.74, 6) is -0.825. The van der Waals surface area contributed by atoms with E-state index in [0.717, 1.165) is 6.42 Å². The van der Waals surface area contributed by atoms with E-state index in [2.05, 4.69) is 21.2 Å². The van der Waals surface area contributed by atoms with Crippen molar-refractivity contribution >= 4 is 21.8 Å². The zero-order chi connectivity index (χ0) is 12.1. The molecule has 0 spiro atoms. The highest BCUT2D eigenvalue weighted by Crippen LogP contribution is 2.21. The topological polar surface area (TPSA) is 55.1 Å². The summed E-state index contributed by atoms with van der Waals surface area (Å²) in [4.78, 5) is 11.3. The molecule has 0 fully saturated rings. The second kappa shape index (κ2) is 5.96. The van der Waals surface area contributed by atoms with Crippen LogP contribution in [0.25, 0.3) is 0 Å². The fourth-order valence-corrected chi connectivity index (χ4v) is 1.76. The van der Waals surface area contributed by atoms with Crippen molar-refractivity contribution in [3.63, 3.8) is 0 Å². The number of rotatable bonds is 5. The van der Waals surface area contributed by atoms with Crippen molar-refractivity contribution in [2.24, 2.45) is 5.73 Å². The average molecular weight is 289 g/mol. The van der Waals surface area contributed by atoms with Crippen molar-refractivity contribution in [1.82, 2.24) is 5.32 Å². The van der Waals surface area contributed by atoms with Crippen LogP contribution < -0.4 is 11.1 Å². The summed E-state index contributed by atoms with van der Waals surface area (Å²) in [7, 11) is 0. The first kappa shape index (κ1) is 13.1. The molecule has 0 radical (unpaired) electrons. The summed E-state index contributed by atoms with van der Waals surface area (Å²) in [6, 6.07) is 3.85. The van der Waals surface area contributed by atoms with E-state index in [1.54, 1.807) is 12.1 Å². The first-order valence-electron chi connectivity index (χ1n) is 5.04. The third-order valence-corrected chi connectivity index (χ3v) is 2.77. The Kier molecular flexibility index (Phi) is 4.89. The summed E-state index contributed by atoms with van der Waals surface area (Å²) in [6.07, 6.45) is 0.895. The number of halogens is 2. The normalized spacial score (nSPS) is 12.4. The molecule has 1 aromatic rings. The van der Waals surface area contributed by atoms with Crippen molar-refractivity contribution in [2.45, 2.75) is 19.4 Å². The second-order valence-electron chi connectivity index (χ2n) is 3.46. The molecule has 0 aromatic heterocycles. The van der Waals surface area contributed by atoms with Gasteiger partial charge in [-0.25, -0.2) is 4.39 Å². The van der Waals surface area contributed by atoms with Gasteiger partial charge in [0.2, 0.25) is 5.91 Å². The summed E-state index contributed by atoms with van der Waals surface area (Å²) in [5, 5.41) is 3.01. The van der Waals surface area contributed by atoms with E-state index in [9.17, 15) is 9.18 Å². The molecule has 16 heavy (non-hydrogen) atoms. The van der Waals surface area contributed by atoms with Crippen LogP contribution >= 0.6 is 15.9 Å². The summed E-state index contributed by atoms with van der Waals surface area (Å²) >= 11 is 3.08. The Morgan fingerprint density at radius 3 is 2.81 bits per heavy atom. The van der Waals surface area contributed by atoms with Crippen LogP contribution in [0.4, 0.5) is 4.39 Å². The van der Waals surface area contributed by atoms with Crippen LogP contribution in [-0.2, 0) is 4.79 Å². The predicted octanol–water partition coefficient (Wildman–Crippen LogP) is 2.11. The highest BCUT2D eigenvalue weighted by atomic mass is 79.9. The van der Waals surface area contributed by atoms with Crippen LogP contribution in [0.15, 0.2) is 22.7 Å². The lowest BCUT2D eigenvalue weighted by molar-refractivity contribution is -0.120. The summed E-state index contributed by atoms with van der Waals surface area (Å²) < 4.78 is 13.4. The van der Waals surface area contributed by atoms with E-state index in [-0.39, 0.29) is 5.82 Å². The van der Waals surface area contributed by atoms with Gasteiger partial charge in [-0.1, -0.05) is 13.0 Å². The monoisotopic (exact) mass is 288 g/mol. The summed E-state index contributed by atoms with van der Waals surface area (Å²) in [5.41, 5.74) is 5.95. The molecular formula is C11H14BrFN2O. The molecule has 1 atom stereocenters. The van der Waals surface area contributed by atoms with Crippen LogP contribution in [0, 0.1) is 5.82 Å². The molecule has 3 N–H and O–H groups in total. The number of hydrogen-bond acceptors (Lipinski definition) is 2. The number of benzene rings is 1. The van der Waals surface area contributed by atoms with Crippen molar-refractivity contribution in [1.29, 1.82) is 0 Å². The Bertz CT molecular complexity index is 384. The Hall–Kier alpha value is -0.940. The first-order valence-corrected chi connectivity index (χ1v) is 5.83. The quantitative estimate of drug-likeness (QED) is 0.872. The SMILES string of the molecule is CCCNC(C(N)=O)c1ccc(F)c(Br)c1. The molecule has 1 amide bonds. The van der Waals surface area contributed by atoms with Gasteiger partial charge in [-0.15, -0.1) is 0 Å². The Balaban J connectivity index is 2.92. The molecule has 5 heteroatoms. The lowest BCUT2D eigenvalue weighted by atomic mass is 10.1. The van der Waals surface area contributed by atoms with Gasteiger partial charge in [-0.3, -0.25) is 4.79 Å². The van der Waals surface area contributed by atoms with Gasteiger partial charge < -0.3 is 11.1 Å². The van der Waals surface area contributed by atoms with Crippen LogP contribution in [0.5, 0.6) is 0 Å². The number of primary amides is 1. The van der Waals surface area contributed by atoms with Crippen molar-refractivity contribution in [2.75, 3.05) is 6.54 Å². The highest BCUT2D eigenvalue weighted by molar-refractivity contribution is 9.10. The van der Waals surface area contributed by atoms with Crippen LogP contribution in [0.3, 0.4) is 0 Å². The van der Waals surface area contributed by atoms with Gasteiger partial charge in [-0.2, -0.15) is 0 Å². The molecule has 0 saturated carbocycles. The lowest BCUT2D eigenvalue weighted by Gasteiger charge is -2.15. The number of nitrogens with two attached hydrogens (primary N) is 1. The standard InChI is InChI=1S/C11H14BrFN2O/c1-2-5-15-10(11(14)16)7-3-4-9(13)8(12)6-7/h3-4,6,10,15H,2,5H2,1H3,(H2,14,16). The maximum atomic E-state index is 13.0. The van der Waals surface area contributed by atoms with Gasteiger partial charge in [0.15, 0.2) is 0 Å². The van der Waals surface area contributed by atoms with Crippen LogP contribution in [0.2, 0.25) is 0 Å². The van der Waals surface area contributed by atoms with E-state index >= 15 is 0 Å². The number of hydrogen-bond donors (Lipinski definition) is 2. The highest BCUT2D eigenvalue weighted by Gasteiger charge is 2.17. The third kappa shape index (κ3) is 3.28. The molecule has 88 valence electrons.